The molecule has 1 aliphatic carbocycles. The van der Waals surface area contributed by atoms with Crippen molar-refractivity contribution in [1.29, 1.82) is 0 Å². The maximum absolute atomic E-state index is 13.7. The Kier molecular flexibility index (Phi) is 11.6. The molecular formula is C23H44BN5O6S. The first-order valence-corrected chi connectivity index (χ1v) is 14.4. The SMILES string of the molecule is CN(CC(NC(=O)NC(C(=O)N1CCCC1C(=O)NCB(O)O)C1CCCCC1)C(C)(C)C)S(C)=O. The van der Waals surface area contributed by atoms with E-state index in [0.29, 0.717) is 25.9 Å². The number of likely N-dealkylation sites (tertiary alicyclic amines) is 1. The molecule has 0 bridgehead atoms. The van der Waals surface area contributed by atoms with E-state index in [1.807, 2.05) is 20.8 Å². The summed E-state index contributed by atoms with van der Waals surface area (Å²) in [6.07, 6.45) is 7.10. The van der Waals surface area contributed by atoms with Crippen LogP contribution in [0.25, 0.3) is 0 Å². The monoisotopic (exact) mass is 529 g/mol. The number of carbonyl (C=O) groups is 3. The highest BCUT2D eigenvalue weighted by Crippen LogP contribution is 2.29. The molecule has 0 aromatic rings. The Morgan fingerprint density at radius 1 is 1.08 bits per heavy atom. The summed E-state index contributed by atoms with van der Waals surface area (Å²) in [4.78, 5) is 41.1. The van der Waals surface area contributed by atoms with Crippen LogP contribution in [0, 0.1) is 11.3 Å². The van der Waals surface area contributed by atoms with Crippen molar-refractivity contribution in [2.24, 2.45) is 11.3 Å². The summed E-state index contributed by atoms with van der Waals surface area (Å²) in [5.74, 6) is -0.734. The quantitative estimate of drug-likeness (QED) is 0.251. The molecule has 0 radical (unpaired) electrons. The van der Waals surface area contributed by atoms with Gasteiger partial charge in [-0.15, -0.1) is 0 Å². The Labute approximate surface area is 217 Å². The summed E-state index contributed by atoms with van der Waals surface area (Å²) in [7, 11) is -1.12. The Morgan fingerprint density at radius 2 is 1.72 bits per heavy atom. The number of likely N-dealkylation sites (N-methyl/N-ethyl adjacent to an activating group) is 1. The van der Waals surface area contributed by atoms with Gasteiger partial charge in [0.15, 0.2) is 0 Å². The second-order valence-electron chi connectivity index (χ2n) is 11.1. The van der Waals surface area contributed by atoms with E-state index in [-0.39, 0.29) is 29.7 Å². The van der Waals surface area contributed by atoms with Gasteiger partial charge in [0.1, 0.15) is 12.1 Å². The zero-order chi connectivity index (χ0) is 27.0. The summed E-state index contributed by atoms with van der Waals surface area (Å²) >= 11 is 0. The van der Waals surface area contributed by atoms with Gasteiger partial charge in [0.25, 0.3) is 0 Å². The molecule has 1 saturated carbocycles. The molecule has 13 heteroatoms. The first-order chi connectivity index (χ1) is 16.8. The summed E-state index contributed by atoms with van der Waals surface area (Å²) in [5, 5.41) is 26.6. The minimum Gasteiger partial charge on any atom is -0.426 e. The van der Waals surface area contributed by atoms with Gasteiger partial charge in [0, 0.05) is 25.4 Å². The van der Waals surface area contributed by atoms with Crippen molar-refractivity contribution in [3.05, 3.63) is 0 Å². The van der Waals surface area contributed by atoms with Crippen molar-refractivity contribution in [3.63, 3.8) is 0 Å². The average molecular weight is 530 g/mol. The first-order valence-electron chi connectivity index (χ1n) is 12.9. The molecular weight excluding hydrogens is 485 g/mol. The topological polar surface area (TPSA) is 151 Å². The number of rotatable bonds is 10. The van der Waals surface area contributed by atoms with E-state index in [0.717, 1.165) is 32.1 Å². The van der Waals surface area contributed by atoms with Gasteiger partial charge in [-0.3, -0.25) is 9.59 Å². The Balaban J connectivity index is 2.17. The van der Waals surface area contributed by atoms with Crippen LogP contribution in [-0.2, 0) is 20.6 Å². The third-order valence-electron chi connectivity index (χ3n) is 7.20. The lowest BCUT2D eigenvalue weighted by Gasteiger charge is -2.37. The second kappa shape index (κ2) is 13.7. The Bertz CT molecular complexity index is 789. The highest BCUT2D eigenvalue weighted by molar-refractivity contribution is 7.81. The number of nitrogens with zero attached hydrogens (tertiary/aromatic N) is 2. The van der Waals surface area contributed by atoms with Gasteiger partial charge in [-0.05, 0) is 44.1 Å². The van der Waals surface area contributed by atoms with Gasteiger partial charge in [-0.1, -0.05) is 40.0 Å². The van der Waals surface area contributed by atoms with Crippen LogP contribution in [0.15, 0.2) is 0 Å². The normalized spacial score (nSPS) is 21.6. The molecule has 0 aromatic carbocycles. The summed E-state index contributed by atoms with van der Waals surface area (Å²) < 4.78 is 13.5. The van der Waals surface area contributed by atoms with E-state index in [1.165, 1.54) is 4.90 Å². The minimum absolute atomic E-state index is 0.0283. The zero-order valence-corrected chi connectivity index (χ0v) is 23.1. The Morgan fingerprint density at radius 3 is 2.28 bits per heavy atom. The van der Waals surface area contributed by atoms with E-state index in [9.17, 15) is 18.6 Å². The molecule has 1 heterocycles. The molecule has 0 aromatic heterocycles. The zero-order valence-electron chi connectivity index (χ0n) is 22.3. The maximum atomic E-state index is 13.7. The molecule has 2 fully saturated rings. The van der Waals surface area contributed by atoms with Crippen LogP contribution in [0.3, 0.4) is 0 Å². The minimum atomic E-state index is -1.67. The molecule has 4 amide bonds. The molecule has 1 saturated heterocycles. The van der Waals surface area contributed by atoms with E-state index >= 15 is 0 Å². The van der Waals surface area contributed by atoms with Gasteiger partial charge in [0.05, 0.1) is 17.4 Å². The number of hydrogen-bond donors (Lipinski definition) is 5. The number of nitrogens with one attached hydrogen (secondary N) is 3. The van der Waals surface area contributed by atoms with Gasteiger partial charge in [-0.2, -0.15) is 0 Å². The van der Waals surface area contributed by atoms with Crippen LogP contribution >= 0.6 is 0 Å². The molecule has 36 heavy (non-hydrogen) atoms. The van der Waals surface area contributed by atoms with Crippen molar-refractivity contribution >= 4 is 35.9 Å². The number of urea groups is 1. The lowest BCUT2D eigenvalue weighted by Crippen LogP contribution is -2.60. The second-order valence-corrected chi connectivity index (χ2v) is 12.5. The third-order valence-corrected chi connectivity index (χ3v) is 8.23. The molecule has 4 atom stereocenters. The fourth-order valence-corrected chi connectivity index (χ4v) is 5.24. The van der Waals surface area contributed by atoms with Crippen molar-refractivity contribution in [3.8, 4) is 0 Å². The fourth-order valence-electron chi connectivity index (χ4n) is 4.88. The van der Waals surface area contributed by atoms with Crippen molar-refractivity contribution in [2.75, 3.05) is 32.8 Å². The largest absolute Gasteiger partial charge is 0.472 e. The summed E-state index contributed by atoms with van der Waals surface area (Å²) in [5.41, 5.74) is -0.315. The van der Waals surface area contributed by atoms with Crippen LogP contribution in [0.4, 0.5) is 4.79 Å². The van der Waals surface area contributed by atoms with E-state index in [4.69, 9.17) is 10.0 Å². The molecule has 206 valence electrons. The predicted molar refractivity (Wildman–Crippen MR) is 140 cm³/mol. The first kappa shape index (κ1) is 30.5. The fraction of sp³-hybridized carbons (Fsp3) is 0.870. The molecule has 2 rings (SSSR count). The molecule has 5 N–H and O–H groups in total. The highest BCUT2D eigenvalue weighted by atomic mass is 32.2. The van der Waals surface area contributed by atoms with Crippen LogP contribution < -0.4 is 16.0 Å². The molecule has 11 nitrogen and oxygen atoms in total. The molecule has 1 aliphatic heterocycles. The average Bonchev–Trinajstić information content (AvgIpc) is 3.30. The molecule has 2 aliphatic rings. The van der Waals surface area contributed by atoms with E-state index in [1.54, 1.807) is 17.6 Å². The molecule has 4 unspecified atom stereocenters. The lowest BCUT2D eigenvalue weighted by molar-refractivity contribution is -0.141. The predicted octanol–water partition coefficient (Wildman–Crippen LogP) is -0.00630. The van der Waals surface area contributed by atoms with Crippen LogP contribution in [0.1, 0.15) is 65.7 Å². The van der Waals surface area contributed by atoms with E-state index < -0.39 is 42.1 Å². The summed E-state index contributed by atoms with van der Waals surface area (Å²) in [6, 6.07) is -2.25. The van der Waals surface area contributed by atoms with Crippen molar-refractivity contribution in [2.45, 2.75) is 83.8 Å². The van der Waals surface area contributed by atoms with Crippen molar-refractivity contribution in [1.82, 2.24) is 25.2 Å². The van der Waals surface area contributed by atoms with Crippen molar-refractivity contribution < 1.29 is 28.6 Å². The van der Waals surface area contributed by atoms with Crippen LogP contribution in [-0.4, -0.2) is 99.4 Å². The Hall–Kier alpha value is -1.70. The van der Waals surface area contributed by atoms with Gasteiger partial charge >= 0.3 is 13.1 Å². The third kappa shape index (κ3) is 9.00. The number of amides is 4. The standard InChI is InChI=1S/C23H44BN5O6S/c1-23(2,3)18(14-28(4)36(5)35)26-22(32)27-19(16-10-7-6-8-11-16)21(31)29-13-9-12-17(29)20(30)25-15-24(33)34/h16-19,33-34H,6-15H2,1-5H3,(H,25,30)(H2,26,27,32). The summed E-state index contributed by atoms with van der Waals surface area (Å²) in [6.45, 7) is 6.76. The smallest absolute Gasteiger partial charge is 0.426 e. The van der Waals surface area contributed by atoms with Crippen LogP contribution in [0.2, 0.25) is 0 Å². The lowest BCUT2D eigenvalue weighted by atomic mass is 9.83. The van der Waals surface area contributed by atoms with Gasteiger partial charge in [0.2, 0.25) is 11.8 Å². The van der Waals surface area contributed by atoms with E-state index in [2.05, 4.69) is 16.0 Å². The number of carbonyl (C=O) groups excluding carboxylic acids is 3. The highest BCUT2D eigenvalue weighted by Gasteiger charge is 2.41. The number of hydrogen-bond acceptors (Lipinski definition) is 6. The van der Waals surface area contributed by atoms with Crippen LogP contribution in [0.5, 0.6) is 0 Å². The van der Waals surface area contributed by atoms with Gasteiger partial charge in [-0.25, -0.2) is 13.3 Å². The maximum Gasteiger partial charge on any atom is 0.472 e. The van der Waals surface area contributed by atoms with Gasteiger partial charge < -0.3 is 30.9 Å². The molecule has 0 spiro atoms.